The molecule has 2 aromatic rings. The Morgan fingerprint density at radius 1 is 1.23 bits per heavy atom. The van der Waals surface area contributed by atoms with Gasteiger partial charge in [0, 0.05) is 23.5 Å². The second-order valence-electron chi connectivity index (χ2n) is 6.51. The van der Waals surface area contributed by atoms with Crippen LogP contribution in [-0.2, 0) is 20.8 Å². The molecule has 0 saturated carbocycles. The van der Waals surface area contributed by atoms with E-state index in [0.717, 1.165) is 16.5 Å². The zero-order valence-electron chi connectivity index (χ0n) is 14.8. The van der Waals surface area contributed by atoms with Gasteiger partial charge < -0.3 is 26.5 Å². The predicted octanol–water partition coefficient (Wildman–Crippen LogP) is 0.379. The van der Waals surface area contributed by atoms with E-state index in [2.05, 4.69) is 15.6 Å². The third-order valence-electron chi connectivity index (χ3n) is 4.18. The molecule has 0 saturated heterocycles. The number of aromatic nitrogens is 1. The molecule has 2 atom stereocenters. The third-order valence-corrected chi connectivity index (χ3v) is 4.18. The van der Waals surface area contributed by atoms with Gasteiger partial charge in [0.1, 0.15) is 6.04 Å². The van der Waals surface area contributed by atoms with Gasteiger partial charge >= 0.3 is 5.97 Å². The number of aromatic amines is 1. The highest BCUT2D eigenvalue weighted by atomic mass is 16.4. The quantitative estimate of drug-likeness (QED) is 0.463. The molecule has 1 heterocycles. The first-order chi connectivity index (χ1) is 12.3. The minimum atomic E-state index is -1.14. The van der Waals surface area contributed by atoms with Crippen molar-refractivity contribution in [2.24, 2.45) is 11.7 Å². The Morgan fingerprint density at radius 2 is 1.92 bits per heavy atom. The number of carbonyl (C=O) groups is 3. The number of nitrogens with two attached hydrogens (primary N) is 1. The molecule has 0 spiro atoms. The summed E-state index contributed by atoms with van der Waals surface area (Å²) in [4.78, 5) is 38.4. The Balaban J connectivity index is 1.96. The molecule has 8 heteroatoms. The normalized spacial score (nSPS) is 13.4. The van der Waals surface area contributed by atoms with Crippen LogP contribution in [0.1, 0.15) is 19.4 Å². The molecule has 2 rings (SSSR count). The molecular weight excluding hydrogens is 336 g/mol. The van der Waals surface area contributed by atoms with E-state index in [9.17, 15) is 19.5 Å². The van der Waals surface area contributed by atoms with Crippen molar-refractivity contribution in [1.82, 2.24) is 15.6 Å². The summed E-state index contributed by atoms with van der Waals surface area (Å²) in [5.41, 5.74) is 7.38. The fourth-order valence-corrected chi connectivity index (χ4v) is 2.55. The average Bonchev–Trinajstić information content (AvgIpc) is 3.01. The third kappa shape index (κ3) is 4.82. The molecule has 0 radical (unpaired) electrons. The van der Waals surface area contributed by atoms with E-state index in [0.29, 0.717) is 0 Å². The molecule has 6 N–H and O–H groups in total. The number of carboxylic acid groups (broad SMARTS) is 1. The Morgan fingerprint density at radius 3 is 2.58 bits per heavy atom. The Labute approximate surface area is 151 Å². The van der Waals surface area contributed by atoms with Crippen LogP contribution in [0, 0.1) is 5.92 Å². The zero-order valence-corrected chi connectivity index (χ0v) is 14.8. The van der Waals surface area contributed by atoms with Crippen molar-refractivity contribution in [1.29, 1.82) is 0 Å². The number of nitrogens with one attached hydrogen (secondary N) is 3. The summed E-state index contributed by atoms with van der Waals surface area (Å²) in [6.45, 7) is 3.27. The van der Waals surface area contributed by atoms with E-state index in [1.165, 1.54) is 0 Å². The van der Waals surface area contributed by atoms with Crippen LogP contribution in [-0.4, -0.2) is 46.5 Å². The van der Waals surface area contributed by atoms with Gasteiger partial charge in [-0.15, -0.1) is 0 Å². The smallest absolute Gasteiger partial charge is 0.326 e. The van der Waals surface area contributed by atoms with Gasteiger partial charge in [-0.2, -0.15) is 0 Å². The Kier molecular flexibility index (Phi) is 6.35. The summed E-state index contributed by atoms with van der Waals surface area (Å²) in [5, 5.41) is 15.2. The summed E-state index contributed by atoms with van der Waals surface area (Å²) < 4.78 is 0. The van der Waals surface area contributed by atoms with Crippen molar-refractivity contribution in [2.75, 3.05) is 6.54 Å². The molecule has 2 amide bonds. The summed E-state index contributed by atoms with van der Waals surface area (Å²) in [6, 6.07) is 5.70. The molecule has 0 bridgehead atoms. The van der Waals surface area contributed by atoms with Crippen LogP contribution in [0.4, 0.5) is 0 Å². The number of fused-ring (bicyclic) bond motifs is 1. The first kappa shape index (κ1) is 19.5. The molecule has 0 aliphatic carbocycles. The predicted molar refractivity (Wildman–Crippen MR) is 97.4 cm³/mol. The second kappa shape index (κ2) is 8.48. The van der Waals surface area contributed by atoms with Crippen molar-refractivity contribution in [3.05, 3.63) is 36.0 Å². The van der Waals surface area contributed by atoms with Gasteiger partial charge in [0.2, 0.25) is 11.8 Å². The number of benzene rings is 1. The van der Waals surface area contributed by atoms with Crippen LogP contribution in [0.2, 0.25) is 0 Å². The summed E-state index contributed by atoms with van der Waals surface area (Å²) in [7, 11) is 0. The number of hydrogen-bond acceptors (Lipinski definition) is 4. The molecule has 1 aromatic heterocycles. The molecule has 0 fully saturated rings. The summed E-state index contributed by atoms with van der Waals surface area (Å²) in [6.07, 6.45) is 1.86. The fourth-order valence-electron chi connectivity index (χ4n) is 2.55. The monoisotopic (exact) mass is 360 g/mol. The highest BCUT2D eigenvalue weighted by Crippen LogP contribution is 2.19. The first-order valence-electron chi connectivity index (χ1n) is 8.40. The number of carbonyl (C=O) groups excluding carboxylic acids is 2. The standard InChI is InChI=1S/C18H24N4O4/c1-10(2)16(19)17(24)21-9-15(23)22-14(18(25)26)7-11-8-20-13-6-4-3-5-12(11)13/h3-6,8,10,14,16,20H,7,9,19H2,1-2H3,(H,21,24)(H,22,23)(H,25,26). The lowest BCUT2D eigenvalue weighted by molar-refractivity contribution is -0.141. The van der Waals surface area contributed by atoms with Gasteiger partial charge in [-0.1, -0.05) is 32.0 Å². The van der Waals surface area contributed by atoms with Gasteiger partial charge in [0.15, 0.2) is 0 Å². The minimum absolute atomic E-state index is 0.0632. The van der Waals surface area contributed by atoms with E-state index in [1.54, 1.807) is 20.0 Å². The lowest BCUT2D eigenvalue weighted by atomic mass is 10.0. The van der Waals surface area contributed by atoms with Crippen molar-refractivity contribution in [3.8, 4) is 0 Å². The van der Waals surface area contributed by atoms with Crippen LogP contribution in [0.15, 0.2) is 30.5 Å². The van der Waals surface area contributed by atoms with E-state index in [-0.39, 0.29) is 18.9 Å². The van der Waals surface area contributed by atoms with E-state index >= 15 is 0 Å². The Bertz CT molecular complexity index is 799. The molecule has 8 nitrogen and oxygen atoms in total. The maximum absolute atomic E-state index is 12.0. The molecule has 2 unspecified atom stereocenters. The van der Waals surface area contributed by atoms with Gasteiger partial charge in [-0.25, -0.2) is 4.79 Å². The number of carboxylic acids is 1. The highest BCUT2D eigenvalue weighted by Gasteiger charge is 2.23. The molecule has 1 aromatic carbocycles. The van der Waals surface area contributed by atoms with Crippen LogP contribution in [0.25, 0.3) is 10.9 Å². The van der Waals surface area contributed by atoms with Crippen molar-refractivity contribution in [2.45, 2.75) is 32.4 Å². The SMILES string of the molecule is CC(C)C(N)C(=O)NCC(=O)NC(Cc1c[nH]c2ccccc12)C(=O)O. The van der Waals surface area contributed by atoms with Gasteiger partial charge in [-0.3, -0.25) is 9.59 Å². The molecule has 0 aliphatic rings. The van der Waals surface area contributed by atoms with Crippen molar-refractivity contribution in [3.63, 3.8) is 0 Å². The summed E-state index contributed by atoms with van der Waals surface area (Å²) in [5.74, 6) is -2.24. The van der Waals surface area contributed by atoms with Gasteiger partial charge in [-0.05, 0) is 17.5 Å². The largest absolute Gasteiger partial charge is 0.480 e. The van der Waals surface area contributed by atoms with E-state index in [1.807, 2.05) is 24.3 Å². The second-order valence-corrected chi connectivity index (χ2v) is 6.51. The zero-order chi connectivity index (χ0) is 19.3. The molecular formula is C18H24N4O4. The molecule has 26 heavy (non-hydrogen) atoms. The van der Waals surface area contributed by atoms with Crippen LogP contribution in [0.5, 0.6) is 0 Å². The average molecular weight is 360 g/mol. The number of rotatable bonds is 8. The van der Waals surface area contributed by atoms with Crippen LogP contribution < -0.4 is 16.4 Å². The first-order valence-corrected chi connectivity index (χ1v) is 8.40. The maximum Gasteiger partial charge on any atom is 0.326 e. The van der Waals surface area contributed by atoms with E-state index < -0.39 is 29.9 Å². The molecule has 140 valence electrons. The topological polar surface area (TPSA) is 137 Å². The van der Waals surface area contributed by atoms with Crippen LogP contribution >= 0.6 is 0 Å². The lowest BCUT2D eigenvalue weighted by Gasteiger charge is -2.17. The van der Waals surface area contributed by atoms with Crippen molar-refractivity contribution >= 4 is 28.7 Å². The van der Waals surface area contributed by atoms with Gasteiger partial charge in [0.05, 0.1) is 12.6 Å². The molecule has 0 aliphatic heterocycles. The Hall–Kier alpha value is -2.87. The number of aliphatic carboxylic acids is 1. The number of para-hydroxylation sites is 1. The summed E-state index contributed by atoms with van der Waals surface area (Å²) >= 11 is 0. The minimum Gasteiger partial charge on any atom is -0.480 e. The number of amides is 2. The van der Waals surface area contributed by atoms with E-state index in [4.69, 9.17) is 5.73 Å². The number of hydrogen-bond donors (Lipinski definition) is 5. The highest BCUT2D eigenvalue weighted by molar-refractivity contribution is 5.90. The fraction of sp³-hybridized carbons (Fsp3) is 0.389. The maximum atomic E-state index is 12.0. The number of H-pyrrole nitrogens is 1. The van der Waals surface area contributed by atoms with Crippen LogP contribution in [0.3, 0.4) is 0 Å². The van der Waals surface area contributed by atoms with Crippen molar-refractivity contribution < 1.29 is 19.5 Å². The lowest BCUT2D eigenvalue weighted by Crippen LogP contribution is -2.50. The van der Waals surface area contributed by atoms with Gasteiger partial charge in [0.25, 0.3) is 0 Å².